The van der Waals surface area contributed by atoms with Crippen LogP contribution in [0.2, 0.25) is 0 Å². The number of benzene rings is 1. The molecule has 1 aromatic carbocycles. The van der Waals surface area contributed by atoms with Crippen molar-refractivity contribution in [2.24, 2.45) is 5.14 Å². The molecule has 0 bridgehead atoms. The van der Waals surface area contributed by atoms with E-state index in [0.29, 0.717) is 5.56 Å². The number of rotatable bonds is 4. The summed E-state index contributed by atoms with van der Waals surface area (Å²) in [5.41, 5.74) is 0.419. The molecule has 0 radical (unpaired) electrons. The largest absolute Gasteiger partial charge is 0.434 e. The van der Waals surface area contributed by atoms with Crippen molar-refractivity contribution < 1.29 is 26.1 Å². The standard InChI is InChI=1S/C8H9F2NO4S/c1-5-2-3-6(15-16(11,12)13)4-7(5)14-8(9)10/h2-4,8H,1H3,(H2,11,12,13). The zero-order valence-corrected chi connectivity index (χ0v) is 9.00. The van der Waals surface area contributed by atoms with Gasteiger partial charge in [0.15, 0.2) is 0 Å². The molecular weight excluding hydrogens is 244 g/mol. The average Bonchev–Trinajstić information content (AvgIpc) is 2.07. The summed E-state index contributed by atoms with van der Waals surface area (Å²) < 4.78 is 53.6. The lowest BCUT2D eigenvalue weighted by molar-refractivity contribution is -0.0503. The van der Waals surface area contributed by atoms with Crippen LogP contribution in [0.15, 0.2) is 18.2 Å². The van der Waals surface area contributed by atoms with Crippen molar-refractivity contribution in [1.29, 1.82) is 0 Å². The van der Waals surface area contributed by atoms with Crippen molar-refractivity contribution in [3.63, 3.8) is 0 Å². The van der Waals surface area contributed by atoms with E-state index >= 15 is 0 Å². The molecule has 0 aliphatic rings. The van der Waals surface area contributed by atoms with Gasteiger partial charge in [-0.05, 0) is 18.6 Å². The molecule has 0 aliphatic carbocycles. The zero-order chi connectivity index (χ0) is 12.3. The van der Waals surface area contributed by atoms with Gasteiger partial charge in [-0.2, -0.15) is 22.3 Å². The van der Waals surface area contributed by atoms with Crippen LogP contribution < -0.4 is 14.1 Å². The molecule has 0 fully saturated rings. The molecule has 0 saturated carbocycles. The molecule has 0 spiro atoms. The highest BCUT2D eigenvalue weighted by molar-refractivity contribution is 7.84. The van der Waals surface area contributed by atoms with Crippen molar-refractivity contribution in [1.82, 2.24) is 0 Å². The van der Waals surface area contributed by atoms with E-state index in [1.165, 1.54) is 19.1 Å². The highest BCUT2D eigenvalue weighted by atomic mass is 32.2. The maximum Gasteiger partial charge on any atom is 0.387 e. The van der Waals surface area contributed by atoms with Gasteiger partial charge in [0.1, 0.15) is 11.5 Å². The van der Waals surface area contributed by atoms with Crippen LogP contribution in [0.25, 0.3) is 0 Å². The average molecular weight is 253 g/mol. The van der Waals surface area contributed by atoms with Crippen LogP contribution in [-0.2, 0) is 10.3 Å². The van der Waals surface area contributed by atoms with Crippen LogP contribution in [0.3, 0.4) is 0 Å². The molecule has 16 heavy (non-hydrogen) atoms. The first-order valence-corrected chi connectivity index (χ1v) is 5.53. The minimum absolute atomic E-state index is 0.170. The summed E-state index contributed by atoms with van der Waals surface area (Å²) in [6, 6.07) is 3.67. The Hall–Kier alpha value is -1.41. The first kappa shape index (κ1) is 12.7. The molecule has 90 valence electrons. The lowest BCUT2D eigenvalue weighted by Crippen LogP contribution is -2.19. The second-order valence-corrected chi connectivity index (χ2v) is 4.03. The minimum Gasteiger partial charge on any atom is -0.434 e. The Kier molecular flexibility index (Phi) is 3.66. The Balaban J connectivity index is 2.98. The minimum atomic E-state index is -4.18. The molecule has 0 unspecified atom stereocenters. The Morgan fingerprint density at radius 1 is 1.38 bits per heavy atom. The Labute approximate surface area is 91.0 Å². The maximum atomic E-state index is 12.0. The van der Waals surface area contributed by atoms with Crippen LogP contribution in [0.1, 0.15) is 5.56 Å². The van der Waals surface area contributed by atoms with Gasteiger partial charge >= 0.3 is 16.9 Å². The molecule has 0 aromatic heterocycles. The number of hydrogen-bond donors (Lipinski definition) is 1. The van der Waals surface area contributed by atoms with Crippen LogP contribution >= 0.6 is 0 Å². The fourth-order valence-corrected chi connectivity index (χ4v) is 1.36. The SMILES string of the molecule is Cc1ccc(OS(N)(=O)=O)cc1OC(F)F. The molecule has 8 heteroatoms. The van der Waals surface area contributed by atoms with Crippen molar-refractivity contribution >= 4 is 10.3 Å². The van der Waals surface area contributed by atoms with Gasteiger partial charge in [0.05, 0.1) is 0 Å². The first-order chi connectivity index (χ1) is 7.28. The third-order valence-corrected chi connectivity index (χ3v) is 2.01. The van der Waals surface area contributed by atoms with E-state index in [0.717, 1.165) is 6.07 Å². The van der Waals surface area contributed by atoms with Crippen LogP contribution in [-0.4, -0.2) is 15.0 Å². The number of hydrogen-bond acceptors (Lipinski definition) is 4. The van der Waals surface area contributed by atoms with E-state index in [1.54, 1.807) is 0 Å². The normalized spacial score (nSPS) is 11.6. The van der Waals surface area contributed by atoms with Gasteiger partial charge in [-0.1, -0.05) is 6.07 Å². The second-order valence-electron chi connectivity index (χ2n) is 2.88. The number of ether oxygens (including phenoxy) is 1. The fraction of sp³-hybridized carbons (Fsp3) is 0.250. The van der Waals surface area contributed by atoms with Gasteiger partial charge in [-0.25, -0.2) is 0 Å². The summed E-state index contributed by atoms with van der Waals surface area (Å²) in [5.74, 6) is -0.361. The third-order valence-electron chi connectivity index (χ3n) is 1.59. The summed E-state index contributed by atoms with van der Waals surface area (Å²) in [5, 5.41) is 4.62. The summed E-state index contributed by atoms with van der Waals surface area (Å²) in [7, 11) is -4.18. The second kappa shape index (κ2) is 4.62. The molecule has 0 saturated heterocycles. The Bertz CT molecular complexity index is 475. The molecule has 0 amide bonds. The van der Waals surface area contributed by atoms with E-state index < -0.39 is 16.9 Å². The smallest absolute Gasteiger partial charge is 0.387 e. The van der Waals surface area contributed by atoms with Gasteiger partial charge in [0.25, 0.3) is 0 Å². The van der Waals surface area contributed by atoms with E-state index in [2.05, 4.69) is 14.1 Å². The zero-order valence-electron chi connectivity index (χ0n) is 8.18. The first-order valence-electron chi connectivity index (χ1n) is 4.05. The molecule has 1 aromatic rings. The number of alkyl halides is 2. The van der Waals surface area contributed by atoms with Gasteiger partial charge in [0, 0.05) is 6.07 Å². The summed E-state index contributed by atoms with van der Waals surface area (Å²) in [6.45, 7) is -1.47. The molecule has 0 atom stereocenters. The molecule has 0 aliphatic heterocycles. The van der Waals surface area contributed by atoms with Crippen LogP contribution in [0.4, 0.5) is 8.78 Å². The quantitative estimate of drug-likeness (QED) is 0.873. The van der Waals surface area contributed by atoms with Crippen molar-refractivity contribution in [2.75, 3.05) is 0 Å². The van der Waals surface area contributed by atoms with Gasteiger partial charge < -0.3 is 8.92 Å². The van der Waals surface area contributed by atoms with E-state index in [4.69, 9.17) is 0 Å². The number of aryl methyl sites for hydroxylation is 1. The predicted molar refractivity (Wildman–Crippen MR) is 51.5 cm³/mol. The summed E-state index contributed by atoms with van der Waals surface area (Å²) in [4.78, 5) is 0. The Morgan fingerprint density at radius 3 is 2.50 bits per heavy atom. The highest BCUT2D eigenvalue weighted by Crippen LogP contribution is 2.26. The lowest BCUT2D eigenvalue weighted by Gasteiger charge is -2.09. The van der Waals surface area contributed by atoms with E-state index in [1.807, 2.05) is 0 Å². The monoisotopic (exact) mass is 253 g/mol. The maximum absolute atomic E-state index is 12.0. The highest BCUT2D eigenvalue weighted by Gasteiger charge is 2.11. The predicted octanol–water partition coefficient (Wildman–Crippen LogP) is 1.18. The van der Waals surface area contributed by atoms with Crippen molar-refractivity contribution in [2.45, 2.75) is 13.5 Å². The van der Waals surface area contributed by atoms with Gasteiger partial charge in [-0.3, -0.25) is 0 Å². The molecule has 1 rings (SSSR count). The number of halogens is 2. The van der Waals surface area contributed by atoms with Gasteiger partial charge in [-0.15, -0.1) is 0 Å². The molecule has 0 heterocycles. The molecular formula is C8H9F2NO4S. The topological polar surface area (TPSA) is 78.6 Å². The van der Waals surface area contributed by atoms with Crippen LogP contribution in [0, 0.1) is 6.92 Å². The van der Waals surface area contributed by atoms with E-state index in [-0.39, 0.29) is 11.5 Å². The van der Waals surface area contributed by atoms with E-state index in [9.17, 15) is 17.2 Å². The van der Waals surface area contributed by atoms with Crippen molar-refractivity contribution in [3.8, 4) is 11.5 Å². The summed E-state index contributed by atoms with van der Waals surface area (Å²) in [6.07, 6.45) is 0. The fourth-order valence-electron chi connectivity index (χ4n) is 0.989. The van der Waals surface area contributed by atoms with Gasteiger partial charge in [0.2, 0.25) is 0 Å². The third kappa shape index (κ3) is 3.99. The summed E-state index contributed by atoms with van der Waals surface area (Å²) >= 11 is 0. The molecule has 2 N–H and O–H groups in total. The molecule has 5 nitrogen and oxygen atoms in total. The Morgan fingerprint density at radius 2 is 2.00 bits per heavy atom. The van der Waals surface area contributed by atoms with Crippen LogP contribution in [0.5, 0.6) is 11.5 Å². The number of nitrogens with two attached hydrogens (primary N) is 1. The van der Waals surface area contributed by atoms with Crippen molar-refractivity contribution in [3.05, 3.63) is 23.8 Å². The lowest BCUT2D eigenvalue weighted by atomic mass is 10.2.